The van der Waals surface area contributed by atoms with Gasteiger partial charge < -0.3 is 14.2 Å². The molecule has 4 rings (SSSR count). The zero-order valence-electron chi connectivity index (χ0n) is 15.7. The minimum Gasteiger partial charge on any atom is -0.459 e. The molecule has 5 heteroatoms. The highest BCUT2D eigenvalue weighted by atomic mass is 16.6. The van der Waals surface area contributed by atoms with Crippen LogP contribution < -0.4 is 0 Å². The van der Waals surface area contributed by atoms with Gasteiger partial charge in [0.2, 0.25) is 0 Å². The molecule has 1 aromatic heterocycles. The lowest BCUT2D eigenvalue weighted by Crippen LogP contribution is -2.37. The van der Waals surface area contributed by atoms with Crippen LogP contribution in [0.5, 0.6) is 0 Å². The number of amides is 1. The van der Waals surface area contributed by atoms with Crippen molar-refractivity contribution < 1.29 is 14.0 Å². The van der Waals surface area contributed by atoms with Gasteiger partial charge in [-0.2, -0.15) is 0 Å². The smallest absolute Gasteiger partial charge is 0.289 e. The second-order valence-electron chi connectivity index (χ2n) is 6.93. The quantitative estimate of drug-likeness (QED) is 0.642. The van der Waals surface area contributed by atoms with Gasteiger partial charge >= 0.3 is 0 Å². The number of furan rings is 1. The molecule has 0 aliphatic carbocycles. The van der Waals surface area contributed by atoms with Crippen LogP contribution in [0.3, 0.4) is 0 Å². The Morgan fingerprint density at radius 1 is 1.07 bits per heavy atom. The highest BCUT2D eigenvalue weighted by molar-refractivity contribution is 6.02. The predicted molar refractivity (Wildman–Crippen MR) is 107 cm³/mol. The Bertz CT molecular complexity index is 965. The highest BCUT2D eigenvalue weighted by Crippen LogP contribution is 2.21. The first-order valence-electron chi connectivity index (χ1n) is 9.36. The molecular weight excluding hydrogens is 352 g/mol. The van der Waals surface area contributed by atoms with Crippen molar-refractivity contribution >= 4 is 11.6 Å². The Labute approximate surface area is 164 Å². The summed E-state index contributed by atoms with van der Waals surface area (Å²) in [5.41, 5.74) is 4.24. The molecule has 1 aliphatic rings. The van der Waals surface area contributed by atoms with E-state index in [4.69, 9.17) is 9.25 Å². The van der Waals surface area contributed by atoms with E-state index in [-0.39, 0.29) is 12.0 Å². The SMILES string of the molecule is Cc1ccccc1C1=NOC(CN(Cc2ccccc2)C(=O)c2ccco2)C1. The summed E-state index contributed by atoms with van der Waals surface area (Å²) >= 11 is 0. The summed E-state index contributed by atoms with van der Waals surface area (Å²) in [6, 6.07) is 21.4. The minimum absolute atomic E-state index is 0.151. The van der Waals surface area contributed by atoms with Crippen molar-refractivity contribution in [3.05, 3.63) is 95.4 Å². The molecule has 0 saturated heterocycles. The van der Waals surface area contributed by atoms with Crippen LogP contribution in [0.15, 0.2) is 82.6 Å². The van der Waals surface area contributed by atoms with E-state index in [9.17, 15) is 4.79 Å². The molecule has 28 heavy (non-hydrogen) atoms. The molecule has 1 atom stereocenters. The average molecular weight is 374 g/mol. The van der Waals surface area contributed by atoms with Gasteiger partial charge in [-0.1, -0.05) is 59.8 Å². The number of nitrogens with zero attached hydrogens (tertiary/aromatic N) is 2. The number of hydrogen-bond acceptors (Lipinski definition) is 4. The molecule has 0 bridgehead atoms. The number of oxime groups is 1. The van der Waals surface area contributed by atoms with Crippen molar-refractivity contribution in [1.29, 1.82) is 0 Å². The minimum atomic E-state index is -0.183. The Morgan fingerprint density at radius 3 is 2.61 bits per heavy atom. The average Bonchev–Trinajstić information content (AvgIpc) is 3.40. The van der Waals surface area contributed by atoms with Crippen molar-refractivity contribution in [2.45, 2.75) is 26.0 Å². The van der Waals surface area contributed by atoms with Crippen molar-refractivity contribution in [2.75, 3.05) is 6.54 Å². The third-order valence-corrected chi connectivity index (χ3v) is 4.85. The van der Waals surface area contributed by atoms with E-state index < -0.39 is 0 Å². The van der Waals surface area contributed by atoms with Crippen LogP contribution in [-0.2, 0) is 11.4 Å². The molecule has 5 nitrogen and oxygen atoms in total. The molecule has 3 aromatic rings. The number of carbonyl (C=O) groups is 1. The van der Waals surface area contributed by atoms with Gasteiger partial charge in [0.1, 0.15) is 0 Å². The van der Waals surface area contributed by atoms with Crippen LogP contribution in [0.4, 0.5) is 0 Å². The molecule has 0 spiro atoms. The van der Waals surface area contributed by atoms with Gasteiger partial charge in [-0.3, -0.25) is 4.79 Å². The summed E-state index contributed by atoms with van der Waals surface area (Å²) in [6.07, 6.45) is 2.00. The maximum atomic E-state index is 12.9. The molecule has 0 saturated carbocycles. The molecule has 1 aliphatic heterocycles. The molecule has 0 N–H and O–H groups in total. The Hall–Kier alpha value is -3.34. The predicted octanol–water partition coefficient (Wildman–Crippen LogP) is 4.42. The van der Waals surface area contributed by atoms with Gasteiger partial charge in [0, 0.05) is 18.5 Å². The first-order chi connectivity index (χ1) is 13.7. The molecule has 142 valence electrons. The first-order valence-corrected chi connectivity index (χ1v) is 9.36. The third kappa shape index (κ3) is 3.98. The van der Waals surface area contributed by atoms with Crippen molar-refractivity contribution in [3.63, 3.8) is 0 Å². The lowest BCUT2D eigenvalue weighted by Gasteiger charge is -2.24. The summed E-state index contributed by atoms with van der Waals surface area (Å²) in [5.74, 6) is 0.177. The third-order valence-electron chi connectivity index (χ3n) is 4.85. The Kier molecular flexibility index (Phi) is 5.24. The van der Waals surface area contributed by atoms with Gasteiger partial charge in [-0.15, -0.1) is 0 Å². The second-order valence-corrected chi connectivity index (χ2v) is 6.93. The summed E-state index contributed by atoms with van der Waals surface area (Å²) in [5, 5.41) is 4.29. The van der Waals surface area contributed by atoms with E-state index in [0.29, 0.717) is 25.3 Å². The number of carbonyl (C=O) groups excluding carboxylic acids is 1. The number of benzene rings is 2. The highest BCUT2D eigenvalue weighted by Gasteiger charge is 2.28. The van der Waals surface area contributed by atoms with Crippen LogP contribution >= 0.6 is 0 Å². The van der Waals surface area contributed by atoms with Gasteiger partial charge in [0.25, 0.3) is 5.91 Å². The second kappa shape index (κ2) is 8.13. The monoisotopic (exact) mass is 374 g/mol. The van der Waals surface area contributed by atoms with E-state index in [1.165, 1.54) is 11.8 Å². The van der Waals surface area contributed by atoms with Crippen molar-refractivity contribution in [2.24, 2.45) is 5.16 Å². The fraction of sp³-hybridized carbons (Fsp3) is 0.217. The zero-order valence-corrected chi connectivity index (χ0v) is 15.7. The largest absolute Gasteiger partial charge is 0.459 e. The summed E-state index contributed by atoms with van der Waals surface area (Å²) in [7, 11) is 0. The Balaban J connectivity index is 1.49. The molecule has 1 amide bonds. The van der Waals surface area contributed by atoms with Gasteiger partial charge in [0.05, 0.1) is 18.5 Å². The topological polar surface area (TPSA) is 55.0 Å². The normalized spacial score (nSPS) is 15.8. The van der Waals surface area contributed by atoms with Gasteiger partial charge in [0.15, 0.2) is 11.9 Å². The van der Waals surface area contributed by atoms with Crippen LogP contribution in [-0.4, -0.2) is 29.2 Å². The maximum Gasteiger partial charge on any atom is 0.289 e. The molecule has 2 aromatic carbocycles. The van der Waals surface area contributed by atoms with Crippen LogP contribution in [0.2, 0.25) is 0 Å². The summed E-state index contributed by atoms with van der Waals surface area (Å²) in [4.78, 5) is 20.4. The number of aryl methyl sites for hydroxylation is 1. The molecule has 0 fully saturated rings. The lowest BCUT2D eigenvalue weighted by atomic mass is 10.00. The maximum absolute atomic E-state index is 12.9. The van der Waals surface area contributed by atoms with E-state index in [1.807, 2.05) is 42.5 Å². The fourth-order valence-corrected chi connectivity index (χ4v) is 3.41. The van der Waals surface area contributed by atoms with E-state index in [1.54, 1.807) is 17.0 Å². The number of rotatable bonds is 6. The van der Waals surface area contributed by atoms with Crippen LogP contribution in [0, 0.1) is 6.92 Å². The number of hydrogen-bond donors (Lipinski definition) is 0. The summed E-state index contributed by atoms with van der Waals surface area (Å²) < 4.78 is 5.32. The lowest BCUT2D eigenvalue weighted by molar-refractivity contribution is 0.0387. The summed E-state index contributed by atoms with van der Waals surface area (Å²) in [6.45, 7) is 2.99. The fourth-order valence-electron chi connectivity index (χ4n) is 3.41. The van der Waals surface area contributed by atoms with Gasteiger partial charge in [-0.25, -0.2) is 0 Å². The van der Waals surface area contributed by atoms with E-state index in [2.05, 4.69) is 24.2 Å². The molecular formula is C23H22N2O3. The van der Waals surface area contributed by atoms with Crippen LogP contribution in [0.1, 0.15) is 33.7 Å². The van der Waals surface area contributed by atoms with E-state index >= 15 is 0 Å². The van der Waals surface area contributed by atoms with Crippen LogP contribution in [0.25, 0.3) is 0 Å². The van der Waals surface area contributed by atoms with Crippen molar-refractivity contribution in [1.82, 2.24) is 4.90 Å². The van der Waals surface area contributed by atoms with Crippen molar-refractivity contribution in [3.8, 4) is 0 Å². The molecule has 2 heterocycles. The molecule has 1 unspecified atom stereocenters. The Morgan fingerprint density at radius 2 is 1.86 bits per heavy atom. The standard InChI is InChI=1S/C23H22N2O3/c1-17-8-5-6-11-20(17)21-14-19(28-24-21)16-25(15-18-9-3-2-4-10-18)23(26)22-12-7-13-27-22/h2-13,19H,14-16H2,1H3. The molecule has 0 radical (unpaired) electrons. The van der Waals surface area contributed by atoms with E-state index in [0.717, 1.165) is 16.8 Å². The zero-order chi connectivity index (χ0) is 19.3. The first kappa shape index (κ1) is 18.0. The van der Waals surface area contributed by atoms with Gasteiger partial charge in [-0.05, 0) is 30.2 Å².